The number of fused-ring (bicyclic) bond motifs is 1. The van der Waals surface area contributed by atoms with Gasteiger partial charge < -0.3 is 4.98 Å². The number of hydrogen-bond acceptors (Lipinski definition) is 2. The fourth-order valence-corrected chi connectivity index (χ4v) is 2.19. The van der Waals surface area contributed by atoms with Crippen LogP contribution < -0.4 is 0 Å². The first kappa shape index (κ1) is 7.76. The number of aromatic amines is 1. The molecule has 3 heterocycles. The average Bonchev–Trinajstić information content (AvgIpc) is 2.88. The fourth-order valence-electron chi connectivity index (χ4n) is 1.53. The van der Waals surface area contributed by atoms with E-state index < -0.39 is 0 Å². The van der Waals surface area contributed by atoms with Crippen LogP contribution in [0, 0.1) is 0 Å². The van der Waals surface area contributed by atoms with E-state index in [0.29, 0.717) is 0 Å². The number of rotatable bonds is 1. The Kier molecular flexibility index (Phi) is 1.64. The molecule has 0 amide bonds. The van der Waals surface area contributed by atoms with Crippen molar-refractivity contribution in [3.05, 3.63) is 41.4 Å². The van der Waals surface area contributed by atoms with Crippen LogP contribution in [0.4, 0.5) is 0 Å². The SMILES string of the molecule is c1cc2cc(-c3ccsc3)cnc2[nH]1. The van der Waals surface area contributed by atoms with Crippen LogP contribution in [0.1, 0.15) is 0 Å². The molecule has 0 aliphatic heterocycles. The largest absolute Gasteiger partial charge is 0.346 e. The molecule has 3 heteroatoms. The second-order valence-corrected chi connectivity index (χ2v) is 3.93. The molecule has 3 aromatic heterocycles. The van der Waals surface area contributed by atoms with Crippen LogP contribution in [-0.2, 0) is 0 Å². The maximum absolute atomic E-state index is 4.35. The molecular formula is C11H8N2S. The summed E-state index contributed by atoms with van der Waals surface area (Å²) in [4.78, 5) is 7.43. The molecule has 0 radical (unpaired) electrons. The Morgan fingerprint density at radius 2 is 2.21 bits per heavy atom. The minimum absolute atomic E-state index is 0.948. The van der Waals surface area contributed by atoms with E-state index in [1.807, 2.05) is 18.5 Å². The van der Waals surface area contributed by atoms with Gasteiger partial charge in [-0.25, -0.2) is 4.98 Å². The van der Waals surface area contributed by atoms with Gasteiger partial charge in [0.25, 0.3) is 0 Å². The van der Waals surface area contributed by atoms with Gasteiger partial charge in [0.2, 0.25) is 0 Å². The molecule has 0 saturated heterocycles. The van der Waals surface area contributed by atoms with E-state index in [4.69, 9.17) is 0 Å². The van der Waals surface area contributed by atoms with Gasteiger partial charge in [-0.05, 0) is 34.5 Å². The summed E-state index contributed by atoms with van der Waals surface area (Å²) >= 11 is 1.71. The molecule has 0 unspecified atom stereocenters. The van der Waals surface area contributed by atoms with E-state index >= 15 is 0 Å². The predicted molar refractivity (Wildman–Crippen MR) is 59.4 cm³/mol. The lowest BCUT2D eigenvalue weighted by Gasteiger charge is -1.96. The van der Waals surface area contributed by atoms with Gasteiger partial charge in [0.05, 0.1) is 0 Å². The third-order valence-electron chi connectivity index (χ3n) is 2.25. The van der Waals surface area contributed by atoms with Gasteiger partial charge in [-0.15, -0.1) is 0 Å². The van der Waals surface area contributed by atoms with Crippen molar-refractivity contribution in [1.29, 1.82) is 0 Å². The average molecular weight is 200 g/mol. The molecule has 2 nitrogen and oxygen atoms in total. The highest BCUT2D eigenvalue weighted by atomic mass is 32.1. The van der Waals surface area contributed by atoms with Gasteiger partial charge in [0.15, 0.2) is 0 Å². The molecule has 0 fully saturated rings. The van der Waals surface area contributed by atoms with Crippen molar-refractivity contribution in [1.82, 2.24) is 9.97 Å². The van der Waals surface area contributed by atoms with Crippen LogP contribution in [0.5, 0.6) is 0 Å². The highest BCUT2D eigenvalue weighted by Gasteiger charge is 2.00. The molecule has 3 aromatic rings. The molecular weight excluding hydrogens is 192 g/mol. The van der Waals surface area contributed by atoms with Crippen molar-refractivity contribution >= 4 is 22.4 Å². The van der Waals surface area contributed by atoms with E-state index in [1.165, 1.54) is 11.1 Å². The highest BCUT2D eigenvalue weighted by molar-refractivity contribution is 7.08. The summed E-state index contributed by atoms with van der Waals surface area (Å²) in [7, 11) is 0. The third kappa shape index (κ3) is 1.14. The fraction of sp³-hybridized carbons (Fsp3) is 0. The Morgan fingerprint density at radius 1 is 1.21 bits per heavy atom. The molecule has 14 heavy (non-hydrogen) atoms. The van der Waals surface area contributed by atoms with E-state index in [2.05, 4.69) is 32.9 Å². The van der Waals surface area contributed by atoms with Crippen molar-refractivity contribution in [3.63, 3.8) is 0 Å². The van der Waals surface area contributed by atoms with Gasteiger partial charge in [-0.1, -0.05) is 0 Å². The Balaban J connectivity index is 2.23. The smallest absolute Gasteiger partial charge is 0.137 e. The zero-order valence-electron chi connectivity index (χ0n) is 7.40. The van der Waals surface area contributed by atoms with Crippen LogP contribution in [-0.4, -0.2) is 9.97 Å². The number of pyridine rings is 1. The first-order valence-corrected chi connectivity index (χ1v) is 5.33. The number of aromatic nitrogens is 2. The predicted octanol–water partition coefficient (Wildman–Crippen LogP) is 3.29. The Hall–Kier alpha value is -1.61. The Bertz CT molecular complexity index is 551. The number of H-pyrrole nitrogens is 1. The lowest BCUT2D eigenvalue weighted by Crippen LogP contribution is -1.78. The van der Waals surface area contributed by atoms with Crippen LogP contribution in [0.3, 0.4) is 0 Å². The lowest BCUT2D eigenvalue weighted by molar-refractivity contribution is 1.33. The van der Waals surface area contributed by atoms with Gasteiger partial charge in [-0.3, -0.25) is 0 Å². The summed E-state index contributed by atoms with van der Waals surface area (Å²) < 4.78 is 0. The minimum atomic E-state index is 0.948. The lowest BCUT2D eigenvalue weighted by atomic mass is 10.1. The monoisotopic (exact) mass is 200 g/mol. The Morgan fingerprint density at radius 3 is 3.07 bits per heavy atom. The van der Waals surface area contributed by atoms with E-state index in [9.17, 15) is 0 Å². The van der Waals surface area contributed by atoms with E-state index in [-0.39, 0.29) is 0 Å². The molecule has 0 aromatic carbocycles. The Labute approximate surface area is 85.2 Å². The molecule has 0 aliphatic rings. The maximum Gasteiger partial charge on any atom is 0.137 e. The molecule has 3 rings (SSSR count). The second kappa shape index (κ2) is 2.96. The molecule has 68 valence electrons. The summed E-state index contributed by atoms with van der Waals surface area (Å²) in [6.07, 6.45) is 3.82. The van der Waals surface area contributed by atoms with Crippen molar-refractivity contribution in [2.24, 2.45) is 0 Å². The van der Waals surface area contributed by atoms with Crippen molar-refractivity contribution < 1.29 is 0 Å². The quantitative estimate of drug-likeness (QED) is 0.641. The summed E-state index contributed by atoms with van der Waals surface area (Å²) in [6, 6.07) is 6.30. The first-order chi connectivity index (χ1) is 6.93. The molecule has 0 atom stereocenters. The van der Waals surface area contributed by atoms with Crippen LogP contribution in [0.15, 0.2) is 41.4 Å². The van der Waals surface area contributed by atoms with Gasteiger partial charge in [0, 0.05) is 23.3 Å². The molecule has 0 saturated carbocycles. The summed E-state index contributed by atoms with van der Waals surface area (Å²) in [5, 5.41) is 5.38. The number of nitrogens with one attached hydrogen (secondary N) is 1. The van der Waals surface area contributed by atoms with Crippen molar-refractivity contribution in [2.75, 3.05) is 0 Å². The normalized spacial score (nSPS) is 10.9. The zero-order valence-corrected chi connectivity index (χ0v) is 8.21. The van der Waals surface area contributed by atoms with Crippen molar-refractivity contribution in [3.8, 4) is 11.1 Å². The minimum Gasteiger partial charge on any atom is -0.346 e. The molecule has 1 N–H and O–H groups in total. The molecule has 0 aliphatic carbocycles. The number of nitrogens with zero attached hydrogens (tertiary/aromatic N) is 1. The van der Waals surface area contributed by atoms with Gasteiger partial charge in [-0.2, -0.15) is 11.3 Å². The topological polar surface area (TPSA) is 28.7 Å². The molecule has 0 bridgehead atoms. The van der Waals surface area contributed by atoms with Gasteiger partial charge >= 0.3 is 0 Å². The molecule has 0 spiro atoms. The van der Waals surface area contributed by atoms with Crippen LogP contribution >= 0.6 is 11.3 Å². The van der Waals surface area contributed by atoms with Crippen LogP contribution in [0.25, 0.3) is 22.2 Å². The summed E-state index contributed by atoms with van der Waals surface area (Å²) in [6.45, 7) is 0. The van der Waals surface area contributed by atoms with Gasteiger partial charge in [0.1, 0.15) is 5.65 Å². The number of hydrogen-bond donors (Lipinski definition) is 1. The first-order valence-electron chi connectivity index (χ1n) is 4.39. The van der Waals surface area contributed by atoms with E-state index in [1.54, 1.807) is 11.3 Å². The standard InChI is InChI=1S/C11H8N2S/c1-3-12-11-8(1)5-10(6-13-11)9-2-4-14-7-9/h1-7H,(H,12,13). The van der Waals surface area contributed by atoms with E-state index in [0.717, 1.165) is 11.0 Å². The van der Waals surface area contributed by atoms with Crippen LogP contribution in [0.2, 0.25) is 0 Å². The van der Waals surface area contributed by atoms with Crippen molar-refractivity contribution in [2.45, 2.75) is 0 Å². The number of thiophene rings is 1. The summed E-state index contributed by atoms with van der Waals surface area (Å²) in [5.41, 5.74) is 3.37. The maximum atomic E-state index is 4.35. The third-order valence-corrected chi connectivity index (χ3v) is 2.94. The summed E-state index contributed by atoms with van der Waals surface area (Å²) in [5.74, 6) is 0. The highest BCUT2D eigenvalue weighted by Crippen LogP contribution is 2.23. The zero-order chi connectivity index (χ0) is 9.38. The second-order valence-electron chi connectivity index (χ2n) is 3.15.